The Balaban J connectivity index is 1.45. The van der Waals surface area contributed by atoms with Gasteiger partial charge in [-0.05, 0) is 49.1 Å². The monoisotopic (exact) mass is 314 g/mol. The maximum absolute atomic E-state index is 12.8. The lowest BCUT2D eigenvalue weighted by molar-refractivity contribution is -0.122. The normalized spacial score (nSPS) is 14.1. The number of benzene rings is 1. The summed E-state index contributed by atoms with van der Waals surface area (Å²) in [4.78, 5) is 11.8. The van der Waals surface area contributed by atoms with Crippen LogP contribution < -0.4 is 10.6 Å². The minimum absolute atomic E-state index is 0.0302. The van der Waals surface area contributed by atoms with Crippen LogP contribution in [-0.4, -0.2) is 22.6 Å². The van der Waals surface area contributed by atoms with Gasteiger partial charge in [0.15, 0.2) is 5.82 Å². The summed E-state index contributed by atoms with van der Waals surface area (Å²) in [6.07, 6.45) is 3.81. The van der Waals surface area contributed by atoms with Crippen LogP contribution in [0, 0.1) is 11.7 Å². The zero-order valence-electron chi connectivity index (χ0n) is 12.8. The first kappa shape index (κ1) is 15.4. The van der Waals surface area contributed by atoms with Crippen LogP contribution in [0.3, 0.4) is 0 Å². The molecule has 0 radical (unpaired) electrons. The second-order valence-corrected chi connectivity index (χ2v) is 5.72. The van der Waals surface area contributed by atoms with Gasteiger partial charge in [0.1, 0.15) is 11.6 Å². The largest absolute Gasteiger partial charge is 0.368 e. The summed E-state index contributed by atoms with van der Waals surface area (Å²) in [6, 6.07) is 9.96. The lowest BCUT2D eigenvalue weighted by Gasteiger charge is -2.23. The molecular weight excluding hydrogens is 295 g/mol. The fourth-order valence-electron chi connectivity index (χ4n) is 2.38. The molecule has 0 unspecified atom stereocenters. The molecular formula is C17H19FN4O. The highest BCUT2D eigenvalue weighted by Crippen LogP contribution is 2.27. The van der Waals surface area contributed by atoms with E-state index in [0.29, 0.717) is 18.2 Å². The van der Waals surface area contributed by atoms with E-state index in [2.05, 4.69) is 20.8 Å². The van der Waals surface area contributed by atoms with Crippen LogP contribution >= 0.6 is 0 Å². The van der Waals surface area contributed by atoms with Gasteiger partial charge in [-0.2, -0.15) is 0 Å². The standard InChI is InChI=1S/C17H19FN4O/c18-14-6-4-12(5-7-14)10-11-19-15-8-9-16(22-21-15)20-17(23)13-2-1-3-13/h4-9,13H,1-3,10-11H2,(H,19,21)(H,20,22,23). The molecule has 120 valence electrons. The fraction of sp³-hybridized carbons (Fsp3) is 0.353. The van der Waals surface area contributed by atoms with Gasteiger partial charge in [0.05, 0.1) is 0 Å². The van der Waals surface area contributed by atoms with Gasteiger partial charge in [-0.15, -0.1) is 10.2 Å². The van der Waals surface area contributed by atoms with Crippen molar-refractivity contribution in [2.45, 2.75) is 25.7 Å². The van der Waals surface area contributed by atoms with E-state index in [-0.39, 0.29) is 17.6 Å². The summed E-state index contributed by atoms with van der Waals surface area (Å²) in [5.41, 5.74) is 1.05. The van der Waals surface area contributed by atoms with Crippen LogP contribution in [0.1, 0.15) is 24.8 Å². The molecule has 1 saturated carbocycles. The predicted octanol–water partition coefficient (Wildman–Crippen LogP) is 3.01. The van der Waals surface area contributed by atoms with Crippen molar-refractivity contribution in [2.24, 2.45) is 5.92 Å². The van der Waals surface area contributed by atoms with Crippen molar-refractivity contribution in [3.8, 4) is 0 Å². The van der Waals surface area contributed by atoms with Crippen molar-refractivity contribution in [3.63, 3.8) is 0 Å². The van der Waals surface area contributed by atoms with Crippen molar-refractivity contribution in [1.82, 2.24) is 10.2 Å². The van der Waals surface area contributed by atoms with Gasteiger partial charge < -0.3 is 10.6 Å². The number of amides is 1. The Bertz CT molecular complexity index is 653. The number of anilines is 2. The Morgan fingerprint density at radius 2 is 1.78 bits per heavy atom. The van der Waals surface area contributed by atoms with Crippen molar-refractivity contribution in [1.29, 1.82) is 0 Å². The second kappa shape index (κ2) is 7.17. The molecule has 2 N–H and O–H groups in total. The summed E-state index contributed by atoms with van der Waals surface area (Å²) in [5, 5.41) is 14.0. The summed E-state index contributed by atoms with van der Waals surface area (Å²) >= 11 is 0. The highest BCUT2D eigenvalue weighted by atomic mass is 19.1. The molecule has 5 nitrogen and oxygen atoms in total. The molecule has 1 aliphatic rings. The lowest BCUT2D eigenvalue weighted by atomic mass is 9.85. The number of rotatable bonds is 6. The van der Waals surface area contributed by atoms with E-state index >= 15 is 0 Å². The van der Waals surface area contributed by atoms with Gasteiger partial charge in [0, 0.05) is 12.5 Å². The molecule has 0 spiro atoms. The number of hydrogen-bond acceptors (Lipinski definition) is 4. The molecule has 23 heavy (non-hydrogen) atoms. The van der Waals surface area contributed by atoms with Crippen molar-refractivity contribution >= 4 is 17.5 Å². The summed E-state index contributed by atoms with van der Waals surface area (Å²) in [6.45, 7) is 0.675. The molecule has 1 fully saturated rings. The second-order valence-electron chi connectivity index (χ2n) is 5.72. The van der Waals surface area contributed by atoms with Crippen LogP contribution in [0.4, 0.5) is 16.0 Å². The van der Waals surface area contributed by atoms with Crippen molar-refractivity contribution in [3.05, 3.63) is 47.8 Å². The molecule has 1 aromatic carbocycles. The average Bonchev–Trinajstić information content (AvgIpc) is 2.49. The quantitative estimate of drug-likeness (QED) is 0.860. The van der Waals surface area contributed by atoms with E-state index in [1.807, 2.05) is 0 Å². The summed E-state index contributed by atoms with van der Waals surface area (Å²) in [7, 11) is 0. The molecule has 1 aromatic heterocycles. The van der Waals surface area contributed by atoms with Gasteiger partial charge in [-0.25, -0.2) is 4.39 Å². The number of carbonyl (C=O) groups excluding carboxylic acids is 1. The molecule has 0 bridgehead atoms. The highest BCUT2D eigenvalue weighted by molar-refractivity contribution is 5.92. The molecule has 0 aliphatic heterocycles. The number of halogens is 1. The lowest BCUT2D eigenvalue weighted by Crippen LogP contribution is -2.28. The molecule has 0 saturated heterocycles. The number of nitrogens with zero attached hydrogens (tertiary/aromatic N) is 2. The van der Waals surface area contributed by atoms with Crippen LogP contribution in [0.15, 0.2) is 36.4 Å². The fourth-order valence-corrected chi connectivity index (χ4v) is 2.38. The van der Waals surface area contributed by atoms with E-state index < -0.39 is 0 Å². The molecule has 3 rings (SSSR count). The van der Waals surface area contributed by atoms with Gasteiger partial charge in [-0.3, -0.25) is 4.79 Å². The number of carbonyl (C=O) groups is 1. The highest BCUT2D eigenvalue weighted by Gasteiger charge is 2.25. The predicted molar refractivity (Wildman–Crippen MR) is 86.6 cm³/mol. The molecule has 1 amide bonds. The Kier molecular flexibility index (Phi) is 4.80. The maximum atomic E-state index is 12.8. The third-order valence-corrected chi connectivity index (χ3v) is 4.02. The Morgan fingerprint density at radius 1 is 1.09 bits per heavy atom. The first-order chi connectivity index (χ1) is 11.2. The van der Waals surface area contributed by atoms with Gasteiger partial charge in [-0.1, -0.05) is 18.6 Å². The zero-order chi connectivity index (χ0) is 16.1. The van der Waals surface area contributed by atoms with E-state index in [0.717, 1.165) is 31.2 Å². The maximum Gasteiger partial charge on any atom is 0.228 e. The Hall–Kier alpha value is -2.50. The first-order valence-electron chi connectivity index (χ1n) is 7.83. The summed E-state index contributed by atoms with van der Waals surface area (Å²) in [5.74, 6) is 1.06. The molecule has 0 atom stereocenters. The molecule has 1 aliphatic carbocycles. The topological polar surface area (TPSA) is 66.9 Å². The summed E-state index contributed by atoms with van der Waals surface area (Å²) < 4.78 is 12.8. The van der Waals surface area contributed by atoms with Crippen LogP contribution in [0.2, 0.25) is 0 Å². The smallest absolute Gasteiger partial charge is 0.228 e. The first-order valence-corrected chi connectivity index (χ1v) is 7.83. The minimum atomic E-state index is -0.230. The Morgan fingerprint density at radius 3 is 2.39 bits per heavy atom. The number of aromatic nitrogens is 2. The van der Waals surface area contributed by atoms with E-state index in [1.54, 1.807) is 24.3 Å². The van der Waals surface area contributed by atoms with Crippen LogP contribution in [0.25, 0.3) is 0 Å². The number of hydrogen-bond donors (Lipinski definition) is 2. The van der Waals surface area contributed by atoms with Gasteiger partial charge in [0.25, 0.3) is 0 Å². The van der Waals surface area contributed by atoms with E-state index in [4.69, 9.17) is 0 Å². The number of nitrogens with one attached hydrogen (secondary N) is 2. The molecule has 1 heterocycles. The van der Waals surface area contributed by atoms with Crippen molar-refractivity contribution < 1.29 is 9.18 Å². The minimum Gasteiger partial charge on any atom is -0.368 e. The SMILES string of the molecule is O=C(Nc1ccc(NCCc2ccc(F)cc2)nn1)C1CCC1. The molecule has 2 aromatic rings. The third-order valence-electron chi connectivity index (χ3n) is 4.02. The van der Waals surface area contributed by atoms with Gasteiger partial charge >= 0.3 is 0 Å². The molecule has 6 heteroatoms. The van der Waals surface area contributed by atoms with Crippen LogP contribution in [0.5, 0.6) is 0 Å². The Labute approximate surface area is 134 Å². The van der Waals surface area contributed by atoms with E-state index in [1.165, 1.54) is 12.1 Å². The van der Waals surface area contributed by atoms with E-state index in [9.17, 15) is 9.18 Å². The zero-order valence-corrected chi connectivity index (χ0v) is 12.8. The van der Waals surface area contributed by atoms with Crippen molar-refractivity contribution in [2.75, 3.05) is 17.2 Å². The average molecular weight is 314 g/mol. The van der Waals surface area contributed by atoms with Crippen LogP contribution in [-0.2, 0) is 11.2 Å². The third kappa shape index (κ3) is 4.25. The van der Waals surface area contributed by atoms with Gasteiger partial charge in [0.2, 0.25) is 5.91 Å².